The van der Waals surface area contributed by atoms with Crippen molar-refractivity contribution in [2.75, 3.05) is 7.11 Å². The highest BCUT2D eigenvalue weighted by atomic mass is 16.5. The average Bonchev–Trinajstić information content (AvgIpc) is 2.40. The fourth-order valence-electron chi connectivity index (χ4n) is 2.78. The summed E-state index contributed by atoms with van der Waals surface area (Å²) in [6, 6.07) is 16.0. The van der Waals surface area contributed by atoms with Crippen LogP contribution in [0, 0.1) is 0 Å². The lowest BCUT2D eigenvalue weighted by atomic mass is 9.68. The molecule has 0 heterocycles. The SMILES string of the molecule is COc1ccc(C2CC(c3ccc(O)cc3)C2)cc1. The monoisotopic (exact) mass is 254 g/mol. The van der Waals surface area contributed by atoms with Crippen LogP contribution < -0.4 is 4.74 Å². The van der Waals surface area contributed by atoms with Gasteiger partial charge in [-0.2, -0.15) is 0 Å². The van der Waals surface area contributed by atoms with Crippen LogP contribution in [0.5, 0.6) is 11.5 Å². The van der Waals surface area contributed by atoms with Crippen molar-refractivity contribution in [3.05, 3.63) is 59.7 Å². The first-order chi connectivity index (χ1) is 9.26. The molecule has 98 valence electrons. The molecule has 1 N–H and O–H groups in total. The van der Waals surface area contributed by atoms with Gasteiger partial charge in [0.2, 0.25) is 0 Å². The maximum Gasteiger partial charge on any atom is 0.118 e. The van der Waals surface area contributed by atoms with E-state index >= 15 is 0 Å². The van der Waals surface area contributed by atoms with E-state index in [1.54, 1.807) is 19.2 Å². The average molecular weight is 254 g/mol. The van der Waals surface area contributed by atoms with E-state index in [1.807, 2.05) is 24.3 Å². The Morgan fingerprint density at radius 2 is 1.32 bits per heavy atom. The third-order valence-electron chi connectivity index (χ3n) is 4.09. The van der Waals surface area contributed by atoms with E-state index in [2.05, 4.69) is 12.1 Å². The number of aromatic hydroxyl groups is 1. The Morgan fingerprint density at radius 1 is 0.842 bits per heavy atom. The summed E-state index contributed by atoms with van der Waals surface area (Å²) in [6.45, 7) is 0. The second-order valence-electron chi connectivity index (χ2n) is 5.23. The van der Waals surface area contributed by atoms with E-state index in [1.165, 1.54) is 24.0 Å². The molecule has 0 bridgehead atoms. The van der Waals surface area contributed by atoms with Crippen LogP contribution in [0.3, 0.4) is 0 Å². The molecular weight excluding hydrogens is 236 g/mol. The van der Waals surface area contributed by atoms with Crippen LogP contribution >= 0.6 is 0 Å². The van der Waals surface area contributed by atoms with Gasteiger partial charge < -0.3 is 9.84 Å². The highest BCUT2D eigenvalue weighted by molar-refractivity contribution is 5.34. The number of methoxy groups -OCH3 is 1. The molecule has 0 radical (unpaired) electrons. The molecule has 0 atom stereocenters. The van der Waals surface area contributed by atoms with Gasteiger partial charge in [0.25, 0.3) is 0 Å². The van der Waals surface area contributed by atoms with Crippen LogP contribution in [0.2, 0.25) is 0 Å². The largest absolute Gasteiger partial charge is 0.508 e. The summed E-state index contributed by atoms with van der Waals surface area (Å²) in [7, 11) is 1.69. The molecule has 2 aromatic rings. The number of ether oxygens (including phenoxy) is 1. The first-order valence-corrected chi connectivity index (χ1v) is 6.69. The zero-order chi connectivity index (χ0) is 13.2. The quantitative estimate of drug-likeness (QED) is 0.895. The van der Waals surface area contributed by atoms with Crippen LogP contribution in [0.15, 0.2) is 48.5 Å². The highest BCUT2D eigenvalue weighted by Gasteiger charge is 2.31. The maximum absolute atomic E-state index is 9.30. The summed E-state index contributed by atoms with van der Waals surface area (Å²) in [5, 5.41) is 9.30. The van der Waals surface area contributed by atoms with Gasteiger partial charge >= 0.3 is 0 Å². The smallest absolute Gasteiger partial charge is 0.118 e. The number of hydrogen-bond donors (Lipinski definition) is 1. The van der Waals surface area contributed by atoms with E-state index in [9.17, 15) is 5.11 Å². The second-order valence-corrected chi connectivity index (χ2v) is 5.23. The van der Waals surface area contributed by atoms with E-state index in [0.717, 1.165) is 5.75 Å². The van der Waals surface area contributed by atoms with Gasteiger partial charge in [-0.25, -0.2) is 0 Å². The van der Waals surface area contributed by atoms with E-state index in [4.69, 9.17) is 4.74 Å². The molecule has 2 nitrogen and oxygen atoms in total. The van der Waals surface area contributed by atoms with Gasteiger partial charge in [-0.05, 0) is 60.1 Å². The molecule has 0 amide bonds. The summed E-state index contributed by atoms with van der Waals surface area (Å²) >= 11 is 0. The number of hydrogen-bond acceptors (Lipinski definition) is 2. The molecule has 1 saturated carbocycles. The van der Waals surface area contributed by atoms with Crippen molar-refractivity contribution in [1.29, 1.82) is 0 Å². The van der Waals surface area contributed by atoms with Crippen molar-refractivity contribution in [2.24, 2.45) is 0 Å². The fraction of sp³-hybridized carbons (Fsp3) is 0.294. The van der Waals surface area contributed by atoms with Crippen molar-refractivity contribution in [3.8, 4) is 11.5 Å². The Hall–Kier alpha value is -1.96. The lowest BCUT2D eigenvalue weighted by Gasteiger charge is -2.36. The third kappa shape index (κ3) is 2.43. The van der Waals surface area contributed by atoms with Crippen molar-refractivity contribution >= 4 is 0 Å². The molecule has 1 aliphatic rings. The molecule has 0 aliphatic heterocycles. The normalized spacial score (nSPS) is 21.7. The molecule has 3 rings (SSSR count). The molecule has 0 spiro atoms. The van der Waals surface area contributed by atoms with Crippen molar-refractivity contribution in [3.63, 3.8) is 0 Å². The summed E-state index contributed by atoms with van der Waals surface area (Å²) in [5.74, 6) is 2.55. The lowest BCUT2D eigenvalue weighted by molar-refractivity contribution is 0.350. The molecule has 1 fully saturated rings. The van der Waals surface area contributed by atoms with E-state index in [-0.39, 0.29) is 0 Å². The Morgan fingerprint density at radius 3 is 1.79 bits per heavy atom. The van der Waals surface area contributed by atoms with Crippen molar-refractivity contribution in [2.45, 2.75) is 24.7 Å². The van der Waals surface area contributed by atoms with Crippen LogP contribution in [0.25, 0.3) is 0 Å². The molecule has 19 heavy (non-hydrogen) atoms. The number of benzene rings is 2. The summed E-state index contributed by atoms with van der Waals surface area (Å²) in [5.41, 5.74) is 2.73. The van der Waals surface area contributed by atoms with Gasteiger partial charge in [0, 0.05) is 0 Å². The zero-order valence-electron chi connectivity index (χ0n) is 11.0. The Labute approximate surface area is 113 Å². The van der Waals surface area contributed by atoms with Crippen molar-refractivity contribution < 1.29 is 9.84 Å². The highest BCUT2D eigenvalue weighted by Crippen LogP contribution is 2.47. The first kappa shape index (κ1) is 12.1. The maximum atomic E-state index is 9.30. The predicted octanol–water partition coefficient (Wildman–Crippen LogP) is 4.06. The van der Waals surface area contributed by atoms with Gasteiger partial charge in [-0.3, -0.25) is 0 Å². The van der Waals surface area contributed by atoms with Crippen LogP contribution in [0.4, 0.5) is 0 Å². The minimum absolute atomic E-state index is 0.342. The Balaban J connectivity index is 1.64. The molecule has 0 unspecified atom stereocenters. The molecular formula is C17H18O2. The molecule has 1 aliphatic carbocycles. The number of rotatable bonds is 3. The number of phenolic OH excluding ortho intramolecular Hbond substituents is 1. The third-order valence-corrected chi connectivity index (χ3v) is 4.09. The standard InChI is InChI=1S/C17H18O2/c1-19-17-8-4-13(5-9-17)15-10-14(11-15)12-2-6-16(18)7-3-12/h2-9,14-15,18H,10-11H2,1H3. The summed E-state index contributed by atoms with van der Waals surface area (Å²) in [6.07, 6.45) is 2.38. The Bertz CT molecular complexity index is 536. The van der Waals surface area contributed by atoms with Crippen LogP contribution in [0.1, 0.15) is 35.8 Å². The summed E-state index contributed by atoms with van der Waals surface area (Å²) in [4.78, 5) is 0. The lowest BCUT2D eigenvalue weighted by Crippen LogP contribution is -2.19. The van der Waals surface area contributed by atoms with Gasteiger partial charge in [-0.1, -0.05) is 24.3 Å². The number of phenols is 1. The van der Waals surface area contributed by atoms with E-state index < -0.39 is 0 Å². The minimum atomic E-state index is 0.342. The van der Waals surface area contributed by atoms with Crippen molar-refractivity contribution in [1.82, 2.24) is 0 Å². The molecule has 2 heteroatoms. The molecule has 0 saturated heterocycles. The zero-order valence-corrected chi connectivity index (χ0v) is 11.0. The topological polar surface area (TPSA) is 29.5 Å². The van der Waals surface area contributed by atoms with Crippen LogP contribution in [-0.4, -0.2) is 12.2 Å². The fourth-order valence-corrected chi connectivity index (χ4v) is 2.78. The molecule has 2 aromatic carbocycles. The van der Waals surface area contributed by atoms with E-state index in [0.29, 0.717) is 17.6 Å². The minimum Gasteiger partial charge on any atom is -0.508 e. The van der Waals surface area contributed by atoms with Gasteiger partial charge in [0.1, 0.15) is 11.5 Å². The molecule has 0 aromatic heterocycles. The van der Waals surface area contributed by atoms with Gasteiger partial charge in [-0.15, -0.1) is 0 Å². The van der Waals surface area contributed by atoms with Gasteiger partial charge in [0.15, 0.2) is 0 Å². The predicted molar refractivity (Wildman–Crippen MR) is 75.8 cm³/mol. The Kier molecular flexibility index (Phi) is 3.16. The second kappa shape index (κ2) is 4.96. The van der Waals surface area contributed by atoms with Crippen LogP contribution in [-0.2, 0) is 0 Å². The first-order valence-electron chi connectivity index (χ1n) is 6.69. The summed E-state index contributed by atoms with van der Waals surface area (Å²) < 4.78 is 5.18. The van der Waals surface area contributed by atoms with Gasteiger partial charge in [0.05, 0.1) is 7.11 Å².